The van der Waals surface area contributed by atoms with E-state index >= 15 is 0 Å². The lowest BCUT2D eigenvalue weighted by molar-refractivity contribution is 0.0729. The van der Waals surface area contributed by atoms with Crippen molar-refractivity contribution in [3.8, 4) is 5.69 Å². The first-order chi connectivity index (χ1) is 12.6. The van der Waals surface area contributed by atoms with E-state index in [9.17, 15) is 9.18 Å². The van der Waals surface area contributed by atoms with Crippen LogP contribution in [0.2, 0.25) is 0 Å². The average molecular weight is 414 g/mol. The molecular formula is C20H17BrFN3O. The van der Waals surface area contributed by atoms with Gasteiger partial charge in [0.25, 0.3) is 5.91 Å². The first-order valence-electron chi connectivity index (χ1n) is 8.50. The summed E-state index contributed by atoms with van der Waals surface area (Å²) in [4.78, 5) is 14.8. The summed E-state index contributed by atoms with van der Waals surface area (Å²) in [6, 6.07) is 16.1. The third-order valence-corrected chi connectivity index (χ3v) is 5.15. The van der Waals surface area contributed by atoms with Crippen LogP contribution >= 0.6 is 15.9 Å². The maximum absolute atomic E-state index is 13.9. The number of aromatic nitrogens is 2. The minimum Gasteiger partial charge on any atom is -0.330 e. The fourth-order valence-corrected chi connectivity index (χ4v) is 3.84. The molecule has 0 saturated carbocycles. The van der Waals surface area contributed by atoms with Crippen LogP contribution in [0, 0.1) is 5.82 Å². The van der Waals surface area contributed by atoms with E-state index < -0.39 is 0 Å². The largest absolute Gasteiger partial charge is 0.330 e. The molecule has 6 heteroatoms. The number of benzene rings is 2. The van der Waals surface area contributed by atoms with Crippen LogP contribution in [0.5, 0.6) is 0 Å². The summed E-state index contributed by atoms with van der Waals surface area (Å²) in [7, 11) is 0. The van der Waals surface area contributed by atoms with Gasteiger partial charge in [0, 0.05) is 17.2 Å². The molecule has 1 amide bonds. The van der Waals surface area contributed by atoms with Crippen LogP contribution in [0.1, 0.15) is 34.9 Å². The summed E-state index contributed by atoms with van der Waals surface area (Å²) < 4.78 is 16.4. The minimum absolute atomic E-state index is 0.0404. The number of para-hydroxylation sites is 1. The summed E-state index contributed by atoms with van der Waals surface area (Å²) in [5.74, 6) is -0.495. The van der Waals surface area contributed by atoms with E-state index in [4.69, 9.17) is 0 Å². The molecule has 26 heavy (non-hydrogen) atoms. The second-order valence-electron chi connectivity index (χ2n) is 6.31. The molecule has 0 aliphatic carbocycles. The Morgan fingerprint density at radius 3 is 2.81 bits per heavy atom. The first kappa shape index (κ1) is 17.0. The molecule has 4 rings (SSSR count). The van der Waals surface area contributed by atoms with Crippen LogP contribution in [0.25, 0.3) is 5.69 Å². The van der Waals surface area contributed by atoms with E-state index in [1.165, 1.54) is 10.7 Å². The molecule has 2 aromatic carbocycles. The van der Waals surface area contributed by atoms with Gasteiger partial charge in [-0.15, -0.1) is 0 Å². The molecule has 0 spiro atoms. The second kappa shape index (κ2) is 7.03. The Kier molecular flexibility index (Phi) is 4.59. The van der Waals surface area contributed by atoms with Gasteiger partial charge in [0.15, 0.2) is 5.69 Å². The molecule has 0 bridgehead atoms. The highest BCUT2D eigenvalue weighted by Gasteiger charge is 2.31. The van der Waals surface area contributed by atoms with Crippen LogP contribution in [0.4, 0.5) is 4.39 Å². The summed E-state index contributed by atoms with van der Waals surface area (Å²) in [6.45, 7) is 0.697. The fraction of sp³-hybridized carbons (Fsp3) is 0.200. The van der Waals surface area contributed by atoms with E-state index in [0.29, 0.717) is 17.9 Å². The molecule has 1 aliphatic rings. The number of hydrogen-bond donors (Lipinski definition) is 0. The molecule has 4 nitrogen and oxygen atoms in total. The summed E-state index contributed by atoms with van der Waals surface area (Å²) in [6.07, 6.45) is 3.50. The molecule has 1 fully saturated rings. The van der Waals surface area contributed by atoms with E-state index in [0.717, 1.165) is 22.9 Å². The van der Waals surface area contributed by atoms with Gasteiger partial charge < -0.3 is 4.90 Å². The van der Waals surface area contributed by atoms with Crippen LogP contribution in [-0.2, 0) is 0 Å². The zero-order valence-corrected chi connectivity index (χ0v) is 15.6. The molecule has 1 unspecified atom stereocenters. The monoisotopic (exact) mass is 413 g/mol. The predicted octanol–water partition coefficient (Wildman–Crippen LogP) is 4.75. The van der Waals surface area contributed by atoms with E-state index in [-0.39, 0.29) is 17.8 Å². The topological polar surface area (TPSA) is 38.1 Å². The standard InChI is InChI=1S/C20H17BrFN3O/c21-15-6-3-5-14(13-15)18-9-4-11-24(18)20(26)17-10-12-25(23-17)19-8-2-1-7-16(19)22/h1-3,5-8,10,12-13,18H,4,9,11H2. The average Bonchev–Trinajstić information content (AvgIpc) is 3.31. The van der Waals surface area contributed by atoms with Gasteiger partial charge >= 0.3 is 0 Å². The minimum atomic E-state index is -0.372. The molecule has 3 aromatic rings. The van der Waals surface area contributed by atoms with Crippen LogP contribution < -0.4 is 0 Å². The van der Waals surface area contributed by atoms with Gasteiger partial charge in [-0.25, -0.2) is 9.07 Å². The Labute approximate surface area is 159 Å². The number of rotatable bonds is 3. The Hall–Kier alpha value is -2.47. The number of amides is 1. The highest BCUT2D eigenvalue weighted by Crippen LogP contribution is 2.34. The SMILES string of the molecule is O=C(c1ccn(-c2ccccc2F)n1)N1CCCC1c1cccc(Br)c1. The third-order valence-electron chi connectivity index (χ3n) is 4.65. The van der Waals surface area contributed by atoms with Crippen molar-refractivity contribution in [1.82, 2.24) is 14.7 Å². The molecule has 0 N–H and O–H groups in total. The van der Waals surface area contributed by atoms with Gasteiger partial charge in [-0.2, -0.15) is 5.10 Å². The molecular weight excluding hydrogens is 397 g/mol. The van der Waals surface area contributed by atoms with Crippen molar-refractivity contribution < 1.29 is 9.18 Å². The third kappa shape index (κ3) is 3.17. The lowest BCUT2D eigenvalue weighted by Crippen LogP contribution is -2.31. The van der Waals surface area contributed by atoms with E-state index in [1.807, 2.05) is 29.2 Å². The maximum Gasteiger partial charge on any atom is 0.274 e. The quantitative estimate of drug-likeness (QED) is 0.621. The Balaban J connectivity index is 1.60. The lowest BCUT2D eigenvalue weighted by atomic mass is 10.0. The van der Waals surface area contributed by atoms with Crippen molar-refractivity contribution in [2.45, 2.75) is 18.9 Å². The number of hydrogen-bond acceptors (Lipinski definition) is 2. The van der Waals surface area contributed by atoms with Gasteiger partial charge in [0.1, 0.15) is 11.5 Å². The molecule has 132 valence electrons. The van der Waals surface area contributed by atoms with Crippen molar-refractivity contribution in [3.63, 3.8) is 0 Å². The van der Waals surface area contributed by atoms with Crippen LogP contribution in [0.15, 0.2) is 65.3 Å². The van der Waals surface area contributed by atoms with Crippen molar-refractivity contribution in [1.29, 1.82) is 0 Å². The molecule has 1 atom stereocenters. The number of carbonyl (C=O) groups excluding carboxylic acids is 1. The van der Waals surface area contributed by atoms with E-state index in [2.05, 4.69) is 21.0 Å². The molecule has 1 aliphatic heterocycles. The smallest absolute Gasteiger partial charge is 0.274 e. The van der Waals surface area contributed by atoms with Gasteiger partial charge in [0.05, 0.1) is 6.04 Å². The van der Waals surface area contributed by atoms with Crippen molar-refractivity contribution in [2.75, 3.05) is 6.54 Å². The van der Waals surface area contributed by atoms with Crippen LogP contribution in [-0.4, -0.2) is 27.1 Å². The van der Waals surface area contributed by atoms with Gasteiger partial charge in [-0.1, -0.05) is 40.2 Å². The summed E-state index contributed by atoms with van der Waals surface area (Å²) in [5, 5.41) is 4.31. The van der Waals surface area contributed by atoms with Crippen molar-refractivity contribution in [3.05, 3.63) is 82.3 Å². The highest BCUT2D eigenvalue weighted by molar-refractivity contribution is 9.10. The zero-order chi connectivity index (χ0) is 18.1. The molecule has 2 heterocycles. The number of nitrogens with zero attached hydrogens (tertiary/aromatic N) is 3. The predicted molar refractivity (Wildman–Crippen MR) is 101 cm³/mol. The summed E-state index contributed by atoms with van der Waals surface area (Å²) in [5.41, 5.74) is 1.77. The van der Waals surface area contributed by atoms with Gasteiger partial charge in [0.2, 0.25) is 0 Å². The molecule has 0 radical (unpaired) electrons. The zero-order valence-electron chi connectivity index (χ0n) is 14.0. The number of likely N-dealkylation sites (tertiary alicyclic amines) is 1. The Morgan fingerprint density at radius 2 is 2.00 bits per heavy atom. The first-order valence-corrected chi connectivity index (χ1v) is 9.30. The molecule has 1 aromatic heterocycles. The lowest BCUT2D eigenvalue weighted by Gasteiger charge is -2.24. The molecule has 1 saturated heterocycles. The normalized spacial score (nSPS) is 16.8. The van der Waals surface area contributed by atoms with Crippen LogP contribution in [0.3, 0.4) is 0 Å². The van der Waals surface area contributed by atoms with Gasteiger partial charge in [-0.05, 0) is 48.7 Å². The van der Waals surface area contributed by atoms with Gasteiger partial charge in [-0.3, -0.25) is 4.79 Å². The maximum atomic E-state index is 13.9. The Bertz CT molecular complexity index is 955. The highest BCUT2D eigenvalue weighted by atomic mass is 79.9. The number of carbonyl (C=O) groups is 1. The number of halogens is 2. The Morgan fingerprint density at radius 1 is 1.15 bits per heavy atom. The van der Waals surface area contributed by atoms with E-state index in [1.54, 1.807) is 30.5 Å². The summed E-state index contributed by atoms with van der Waals surface area (Å²) >= 11 is 3.49. The fourth-order valence-electron chi connectivity index (χ4n) is 3.43. The van der Waals surface area contributed by atoms with Crippen molar-refractivity contribution >= 4 is 21.8 Å². The van der Waals surface area contributed by atoms with Crippen molar-refractivity contribution in [2.24, 2.45) is 0 Å². The second-order valence-corrected chi connectivity index (χ2v) is 7.22.